The van der Waals surface area contributed by atoms with Crippen LogP contribution in [0.4, 0.5) is 0 Å². The van der Waals surface area contributed by atoms with E-state index in [9.17, 15) is 4.79 Å². The molecule has 1 spiro atoms. The van der Waals surface area contributed by atoms with Gasteiger partial charge in [-0.2, -0.15) is 0 Å². The fourth-order valence-corrected chi connectivity index (χ4v) is 3.83. The van der Waals surface area contributed by atoms with Crippen molar-refractivity contribution in [2.24, 2.45) is 5.41 Å². The third-order valence-corrected chi connectivity index (χ3v) is 5.40. The average Bonchev–Trinajstić information content (AvgIpc) is 3.09. The molecule has 2 saturated heterocycles. The molecule has 25 heavy (non-hydrogen) atoms. The van der Waals surface area contributed by atoms with Crippen molar-refractivity contribution in [3.05, 3.63) is 23.8 Å². The number of ether oxygens (including phenoxy) is 2. The molecule has 0 aromatic heterocycles. The summed E-state index contributed by atoms with van der Waals surface area (Å²) in [7, 11) is 0. The van der Waals surface area contributed by atoms with Gasteiger partial charge in [0.25, 0.3) is 5.91 Å². The van der Waals surface area contributed by atoms with Crippen molar-refractivity contribution in [2.75, 3.05) is 39.4 Å². The van der Waals surface area contributed by atoms with Crippen LogP contribution in [0.15, 0.2) is 18.2 Å². The summed E-state index contributed by atoms with van der Waals surface area (Å²) in [5.41, 5.74) is 1.11. The van der Waals surface area contributed by atoms with Gasteiger partial charge in [0.05, 0.1) is 13.2 Å². The number of hydrogen-bond acceptors (Lipinski definition) is 4. The normalized spacial score (nSPS) is 19.2. The van der Waals surface area contributed by atoms with E-state index >= 15 is 0 Å². The van der Waals surface area contributed by atoms with E-state index in [2.05, 4.69) is 12.2 Å². The molecule has 0 radical (unpaired) electrons. The van der Waals surface area contributed by atoms with Gasteiger partial charge in [0, 0.05) is 25.2 Å². The van der Waals surface area contributed by atoms with Gasteiger partial charge in [-0.15, -0.1) is 0 Å². The highest BCUT2D eigenvalue weighted by Gasteiger charge is 2.38. The molecule has 2 fully saturated rings. The van der Waals surface area contributed by atoms with Gasteiger partial charge in [0.2, 0.25) is 0 Å². The van der Waals surface area contributed by atoms with Crippen molar-refractivity contribution >= 4 is 5.91 Å². The van der Waals surface area contributed by atoms with Gasteiger partial charge in [0.15, 0.2) is 11.5 Å². The van der Waals surface area contributed by atoms with Crippen molar-refractivity contribution in [3.63, 3.8) is 0 Å². The first-order chi connectivity index (χ1) is 12.2. The van der Waals surface area contributed by atoms with Crippen LogP contribution < -0.4 is 14.8 Å². The Kier molecular flexibility index (Phi) is 5.84. The molecule has 0 saturated carbocycles. The number of hydrogen-bond donors (Lipinski definition) is 1. The third-order valence-electron chi connectivity index (χ3n) is 5.40. The van der Waals surface area contributed by atoms with Gasteiger partial charge >= 0.3 is 0 Å². The van der Waals surface area contributed by atoms with Crippen LogP contribution in [0.25, 0.3) is 0 Å². The molecule has 3 rings (SSSR count). The van der Waals surface area contributed by atoms with E-state index in [4.69, 9.17) is 9.47 Å². The Morgan fingerprint density at radius 3 is 2.60 bits per heavy atom. The first-order valence-corrected chi connectivity index (χ1v) is 9.57. The Bertz CT molecular complexity index is 587. The molecule has 5 nitrogen and oxygen atoms in total. The maximum Gasteiger partial charge on any atom is 0.253 e. The molecule has 0 unspecified atom stereocenters. The highest BCUT2D eigenvalue weighted by atomic mass is 16.5. The molecule has 138 valence electrons. The van der Waals surface area contributed by atoms with E-state index in [1.54, 1.807) is 0 Å². The molecule has 0 atom stereocenters. The second-order valence-corrected chi connectivity index (χ2v) is 7.16. The zero-order valence-electron chi connectivity index (χ0n) is 15.5. The Morgan fingerprint density at radius 2 is 1.96 bits per heavy atom. The Hall–Kier alpha value is -1.75. The molecule has 1 aromatic rings. The SMILES string of the molecule is CCCOc1ccc(C(=O)N2CCC3(CCNC3)CC2)cc1OCC. The van der Waals surface area contributed by atoms with E-state index in [0.717, 1.165) is 51.2 Å². The Labute approximate surface area is 150 Å². The summed E-state index contributed by atoms with van der Waals surface area (Å²) in [6, 6.07) is 5.55. The number of likely N-dealkylation sites (tertiary alicyclic amines) is 1. The molecular formula is C20H30N2O3. The summed E-state index contributed by atoms with van der Waals surface area (Å²) < 4.78 is 11.4. The fraction of sp³-hybridized carbons (Fsp3) is 0.650. The topological polar surface area (TPSA) is 50.8 Å². The van der Waals surface area contributed by atoms with Crippen LogP contribution in [0, 0.1) is 5.41 Å². The third kappa shape index (κ3) is 4.09. The Morgan fingerprint density at radius 1 is 1.16 bits per heavy atom. The first kappa shape index (κ1) is 18.1. The molecule has 0 aliphatic carbocycles. The molecule has 2 aliphatic heterocycles. The maximum atomic E-state index is 12.9. The van der Waals surface area contributed by atoms with Gasteiger partial charge in [-0.1, -0.05) is 6.92 Å². The van der Waals surface area contributed by atoms with Crippen molar-refractivity contribution in [2.45, 2.75) is 39.5 Å². The summed E-state index contributed by atoms with van der Waals surface area (Å²) >= 11 is 0. The van der Waals surface area contributed by atoms with Gasteiger partial charge in [-0.05, 0) is 62.8 Å². The van der Waals surface area contributed by atoms with Gasteiger partial charge < -0.3 is 19.7 Å². The summed E-state index contributed by atoms with van der Waals surface area (Å²) in [6.45, 7) is 9.13. The molecule has 0 bridgehead atoms. The molecule has 2 aliphatic rings. The van der Waals surface area contributed by atoms with Gasteiger partial charge in [0.1, 0.15) is 0 Å². The minimum atomic E-state index is 0.101. The minimum Gasteiger partial charge on any atom is -0.490 e. The smallest absolute Gasteiger partial charge is 0.253 e. The fourth-order valence-electron chi connectivity index (χ4n) is 3.83. The summed E-state index contributed by atoms with van der Waals surface area (Å²) in [6.07, 6.45) is 4.38. The summed E-state index contributed by atoms with van der Waals surface area (Å²) in [5.74, 6) is 1.48. The lowest BCUT2D eigenvalue weighted by Gasteiger charge is -2.39. The lowest BCUT2D eigenvalue weighted by atomic mass is 9.78. The molecular weight excluding hydrogens is 316 g/mol. The number of amides is 1. The van der Waals surface area contributed by atoms with Crippen molar-refractivity contribution in [3.8, 4) is 11.5 Å². The standard InChI is InChI=1S/C20H30N2O3/c1-3-13-25-17-6-5-16(14-18(17)24-4-2)19(23)22-11-8-20(9-12-22)7-10-21-15-20/h5-6,14,21H,3-4,7-13,15H2,1-2H3. The van der Waals surface area contributed by atoms with Crippen molar-refractivity contribution < 1.29 is 14.3 Å². The molecule has 1 N–H and O–H groups in total. The number of carbonyl (C=O) groups excluding carboxylic acids is 1. The predicted octanol–water partition coefficient (Wildman–Crippen LogP) is 3.09. The number of nitrogens with zero attached hydrogens (tertiary/aromatic N) is 1. The first-order valence-electron chi connectivity index (χ1n) is 9.57. The van der Waals surface area contributed by atoms with Crippen LogP contribution in [0.2, 0.25) is 0 Å². The van der Waals surface area contributed by atoms with Crippen molar-refractivity contribution in [1.29, 1.82) is 0 Å². The summed E-state index contributed by atoms with van der Waals surface area (Å²) in [5, 5.41) is 3.47. The van der Waals surface area contributed by atoms with E-state index in [1.807, 2.05) is 30.0 Å². The molecule has 1 amide bonds. The maximum absolute atomic E-state index is 12.9. The quantitative estimate of drug-likeness (QED) is 0.860. The molecule has 5 heteroatoms. The molecule has 2 heterocycles. The highest BCUT2D eigenvalue weighted by molar-refractivity contribution is 5.95. The number of nitrogens with one attached hydrogen (secondary N) is 1. The largest absolute Gasteiger partial charge is 0.490 e. The van der Waals surface area contributed by atoms with Crippen LogP contribution in [0.5, 0.6) is 11.5 Å². The van der Waals surface area contributed by atoms with E-state index < -0.39 is 0 Å². The number of rotatable bonds is 6. The monoisotopic (exact) mass is 346 g/mol. The number of piperidine rings is 1. The van der Waals surface area contributed by atoms with E-state index in [0.29, 0.717) is 29.9 Å². The van der Waals surface area contributed by atoms with Gasteiger partial charge in [-0.25, -0.2) is 0 Å². The van der Waals surface area contributed by atoms with E-state index in [1.165, 1.54) is 6.42 Å². The van der Waals surface area contributed by atoms with Crippen LogP contribution in [-0.4, -0.2) is 50.2 Å². The zero-order valence-corrected chi connectivity index (χ0v) is 15.5. The highest BCUT2D eigenvalue weighted by Crippen LogP contribution is 2.37. The van der Waals surface area contributed by atoms with Gasteiger partial charge in [-0.3, -0.25) is 4.79 Å². The van der Waals surface area contributed by atoms with E-state index in [-0.39, 0.29) is 5.91 Å². The number of benzene rings is 1. The molecule has 1 aromatic carbocycles. The Balaban J connectivity index is 1.68. The average molecular weight is 346 g/mol. The predicted molar refractivity (Wildman–Crippen MR) is 98.5 cm³/mol. The zero-order chi connectivity index (χ0) is 17.7. The minimum absolute atomic E-state index is 0.101. The van der Waals surface area contributed by atoms with Crippen LogP contribution in [0.3, 0.4) is 0 Å². The van der Waals surface area contributed by atoms with Crippen LogP contribution in [-0.2, 0) is 0 Å². The van der Waals surface area contributed by atoms with Crippen LogP contribution >= 0.6 is 0 Å². The van der Waals surface area contributed by atoms with Crippen LogP contribution in [0.1, 0.15) is 49.9 Å². The van der Waals surface area contributed by atoms with Crippen molar-refractivity contribution in [1.82, 2.24) is 10.2 Å². The second-order valence-electron chi connectivity index (χ2n) is 7.16. The number of carbonyl (C=O) groups is 1. The second kappa shape index (κ2) is 8.09. The lowest BCUT2D eigenvalue weighted by Crippen LogP contribution is -2.44. The summed E-state index contributed by atoms with van der Waals surface area (Å²) in [4.78, 5) is 14.9. The lowest BCUT2D eigenvalue weighted by molar-refractivity contribution is 0.0607.